The van der Waals surface area contributed by atoms with E-state index in [1.807, 2.05) is 24.6 Å². The molecule has 1 fully saturated rings. The van der Waals surface area contributed by atoms with E-state index in [4.69, 9.17) is 11.6 Å². The summed E-state index contributed by atoms with van der Waals surface area (Å²) in [5, 5.41) is 0.622. The summed E-state index contributed by atoms with van der Waals surface area (Å²) in [6.45, 7) is 2.67. The Morgan fingerprint density at radius 2 is 2.17 bits per heavy atom. The van der Waals surface area contributed by atoms with Gasteiger partial charge in [-0.2, -0.15) is 4.31 Å². The zero-order valence-electron chi connectivity index (χ0n) is 13.8. The molecule has 0 spiro atoms. The molecule has 0 saturated carbocycles. The molecule has 0 aromatic carbocycles. The van der Waals surface area contributed by atoms with Crippen molar-refractivity contribution in [1.82, 2.24) is 13.8 Å². The van der Waals surface area contributed by atoms with Crippen LogP contribution in [0, 0.1) is 0 Å². The molecule has 1 aliphatic heterocycles. The Kier molecular flexibility index (Phi) is 5.75. The van der Waals surface area contributed by atoms with E-state index in [2.05, 4.69) is 0 Å². The number of rotatable bonds is 6. The number of nitrogens with zero attached hydrogens (tertiary/aromatic N) is 3. The van der Waals surface area contributed by atoms with Gasteiger partial charge in [0.15, 0.2) is 0 Å². The van der Waals surface area contributed by atoms with Gasteiger partial charge in [-0.3, -0.25) is 4.79 Å². The number of halogens is 1. The second kappa shape index (κ2) is 7.23. The fraction of sp³-hybridized carbons (Fsp3) is 0.667. The highest BCUT2D eigenvalue weighted by molar-refractivity contribution is 7.89. The van der Waals surface area contributed by atoms with E-state index in [1.165, 1.54) is 4.31 Å². The van der Waals surface area contributed by atoms with Crippen LogP contribution >= 0.6 is 11.6 Å². The van der Waals surface area contributed by atoms with E-state index >= 15 is 0 Å². The third-order valence-corrected chi connectivity index (χ3v) is 6.44. The molecule has 0 N–H and O–H groups in total. The number of carbonyl (C=O) groups excluding carboxylic acids is 1. The highest BCUT2D eigenvalue weighted by atomic mass is 35.5. The van der Waals surface area contributed by atoms with Crippen molar-refractivity contribution in [3.63, 3.8) is 0 Å². The van der Waals surface area contributed by atoms with Crippen molar-refractivity contribution < 1.29 is 13.2 Å². The van der Waals surface area contributed by atoms with Gasteiger partial charge in [-0.25, -0.2) is 8.42 Å². The van der Waals surface area contributed by atoms with Gasteiger partial charge in [-0.1, -0.05) is 18.5 Å². The van der Waals surface area contributed by atoms with Crippen molar-refractivity contribution in [2.45, 2.75) is 38.8 Å². The van der Waals surface area contributed by atoms with Crippen LogP contribution in [0.25, 0.3) is 0 Å². The summed E-state index contributed by atoms with van der Waals surface area (Å²) in [6, 6.07) is 1.23. The van der Waals surface area contributed by atoms with Crippen molar-refractivity contribution >= 4 is 27.5 Å². The van der Waals surface area contributed by atoms with Crippen LogP contribution in [0.5, 0.6) is 0 Å². The molecule has 2 rings (SSSR count). The molecule has 130 valence electrons. The maximum Gasteiger partial charge on any atom is 0.241 e. The molecular formula is C15H24ClN3O3S. The molecule has 1 aromatic heterocycles. The third-order valence-electron chi connectivity index (χ3n) is 4.16. The maximum atomic E-state index is 12.7. The molecule has 6 nitrogen and oxygen atoms in total. The van der Waals surface area contributed by atoms with Gasteiger partial charge in [0.25, 0.3) is 0 Å². The monoisotopic (exact) mass is 361 g/mol. The van der Waals surface area contributed by atoms with Gasteiger partial charge in [-0.05, 0) is 25.3 Å². The van der Waals surface area contributed by atoms with Crippen molar-refractivity contribution in [3.05, 3.63) is 23.0 Å². The minimum absolute atomic E-state index is 0.0912. The van der Waals surface area contributed by atoms with Gasteiger partial charge < -0.3 is 9.47 Å². The molecule has 8 heteroatoms. The lowest BCUT2D eigenvalue weighted by Gasteiger charge is -2.27. The van der Waals surface area contributed by atoms with E-state index in [0.717, 1.165) is 12.1 Å². The molecule has 1 unspecified atom stereocenters. The average molecular weight is 362 g/mol. The summed E-state index contributed by atoms with van der Waals surface area (Å²) in [7, 11) is 0.214. The molecule has 1 aliphatic rings. The van der Waals surface area contributed by atoms with Crippen LogP contribution < -0.4 is 0 Å². The topological polar surface area (TPSA) is 62.6 Å². The lowest BCUT2D eigenvalue weighted by Crippen LogP contribution is -2.47. The predicted molar refractivity (Wildman–Crippen MR) is 90.7 cm³/mol. The number of carbonyl (C=O) groups is 1. The normalized spacial score (nSPS) is 19.2. The quantitative estimate of drug-likeness (QED) is 0.776. The van der Waals surface area contributed by atoms with Crippen molar-refractivity contribution in [2.24, 2.45) is 7.05 Å². The van der Waals surface area contributed by atoms with Crippen molar-refractivity contribution in [1.29, 1.82) is 0 Å². The molecule has 1 atom stereocenters. The summed E-state index contributed by atoms with van der Waals surface area (Å²) >= 11 is 5.96. The van der Waals surface area contributed by atoms with Gasteiger partial charge in [0, 0.05) is 32.5 Å². The molecule has 0 radical (unpaired) electrons. The number of aryl methyl sites for hydroxylation is 1. The lowest BCUT2D eigenvalue weighted by molar-refractivity contribution is -0.133. The Balaban J connectivity index is 2.10. The Morgan fingerprint density at radius 3 is 2.74 bits per heavy atom. The Bertz CT molecular complexity index is 672. The van der Waals surface area contributed by atoms with Crippen LogP contribution in [0.4, 0.5) is 0 Å². The Labute approximate surface area is 143 Å². The largest absolute Gasteiger partial charge is 0.351 e. The summed E-state index contributed by atoms with van der Waals surface area (Å²) < 4.78 is 27.9. The second-order valence-corrected chi connectivity index (χ2v) is 8.52. The third kappa shape index (κ3) is 4.08. The molecule has 23 heavy (non-hydrogen) atoms. The number of amides is 1. The lowest BCUT2D eigenvalue weighted by atomic mass is 10.2. The van der Waals surface area contributed by atoms with Crippen LogP contribution in [0.15, 0.2) is 12.3 Å². The molecule has 1 aromatic rings. The number of aromatic nitrogens is 1. The highest BCUT2D eigenvalue weighted by Gasteiger charge is 2.39. The van der Waals surface area contributed by atoms with Crippen LogP contribution in [0.3, 0.4) is 0 Å². The number of hydrogen-bond acceptors (Lipinski definition) is 3. The first-order valence-corrected chi connectivity index (χ1v) is 9.80. The first-order valence-electron chi connectivity index (χ1n) is 7.81. The van der Waals surface area contributed by atoms with E-state index in [0.29, 0.717) is 31.0 Å². The molecule has 0 bridgehead atoms. The zero-order chi connectivity index (χ0) is 17.2. The number of sulfonamides is 1. The first-order chi connectivity index (χ1) is 10.8. The van der Waals surface area contributed by atoms with Crippen molar-refractivity contribution in [3.8, 4) is 0 Å². The van der Waals surface area contributed by atoms with Gasteiger partial charge >= 0.3 is 0 Å². The SMILES string of the molecule is CCCS(=O)(=O)N1CCCC1C(=O)N(C)Cc1cc(Cl)cn1C. The molecular weight excluding hydrogens is 338 g/mol. The van der Waals surface area contributed by atoms with E-state index in [9.17, 15) is 13.2 Å². The molecule has 0 aliphatic carbocycles. The average Bonchev–Trinajstić information content (AvgIpc) is 3.05. The summed E-state index contributed by atoms with van der Waals surface area (Å²) in [5.74, 6) is -0.0621. The second-order valence-electron chi connectivity index (χ2n) is 6.04. The van der Waals surface area contributed by atoms with Gasteiger partial charge in [0.05, 0.1) is 17.3 Å². The molecule has 1 amide bonds. The summed E-state index contributed by atoms with van der Waals surface area (Å²) in [5.41, 5.74) is 0.909. The van der Waals surface area contributed by atoms with Crippen LogP contribution in [-0.4, -0.2) is 53.5 Å². The minimum Gasteiger partial charge on any atom is -0.351 e. The van der Waals surface area contributed by atoms with Crippen molar-refractivity contribution in [2.75, 3.05) is 19.3 Å². The van der Waals surface area contributed by atoms with E-state index < -0.39 is 16.1 Å². The minimum atomic E-state index is -3.36. The van der Waals surface area contributed by atoms with Gasteiger partial charge in [0.1, 0.15) is 6.04 Å². The fourth-order valence-corrected chi connectivity index (χ4v) is 5.01. The van der Waals surface area contributed by atoms with Gasteiger partial charge in [-0.15, -0.1) is 0 Å². The van der Waals surface area contributed by atoms with Gasteiger partial charge in [0.2, 0.25) is 15.9 Å². The van der Waals surface area contributed by atoms with E-state index in [1.54, 1.807) is 18.1 Å². The highest BCUT2D eigenvalue weighted by Crippen LogP contribution is 2.24. The summed E-state index contributed by atoms with van der Waals surface area (Å²) in [4.78, 5) is 14.3. The van der Waals surface area contributed by atoms with E-state index in [-0.39, 0.29) is 11.7 Å². The Morgan fingerprint density at radius 1 is 1.48 bits per heavy atom. The van der Waals surface area contributed by atoms with Crippen LogP contribution in [-0.2, 0) is 28.4 Å². The summed E-state index contributed by atoms with van der Waals surface area (Å²) in [6.07, 6.45) is 3.64. The number of likely N-dealkylation sites (N-methyl/N-ethyl adjacent to an activating group) is 1. The molecule has 1 saturated heterocycles. The maximum absolute atomic E-state index is 12.7. The van der Waals surface area contributed by atoms with Crippen LogP contribution in [0.2, 0.25) is 5.02 Å². The zero-order valence-corrected chi connectivity index (χ0v) is 15.4. The number of hydrogen-bond donors (Lipinski definition) is 0. The standard InChI is InChI=1S/C15H24ClN3O3S/c1-4-8-23(21,22)19-7-5-6-14(19)15(20)18(3)11-13-9-12(16)10-17(13)2/h9-10,14H,4-8,11H2,1-3H3. The first kappa shape index (κ1) is 18.3. The van der Waals surface area contributed by atoms with Crippen LogP contribution in [0.1, 0.15) is 31.9 Å². The Hall–Kier alpha value is -1.05. The smallest absolute Gasteiger partial charge is 0.241 e. The molecule has 2 heterocycles. The predicted octanol–water partition coefficient (Wildman–Crippen LogP) is 1.84. The fourth-order valence-electron chi connectivity index (χ4n) is 2.99.